The number of hydrogen-bond donors (Lipinski definition) is 5. The number of rotatable bonds is 11. The van der Waals surface area contributed by atoms with Crippen molar-refractivity contribution in [1.29, 1.82) is 0 Å². The average molecular weight is 393 g/mol. The number of hydrogen-bond acceptors (Lipinski definition) is 5. The maximum atomic E-state index is 12.8. The van der Waals surface area contributed by atoms with Crippen LogP contribution >= 0.6 is 0 Å². The molecule has 0 spiro atoms. The summed E-state index contributed by atoms with van der Waals surface area (Å²) in [5.74, 6) is -4.09. The van der Waals surface area contributed by atoms with Crippen LogP contribution in [0.5, 0.6) is 0 Å². The molecule has 0 aromatic heterocycles. The van der Waals surface area contributed by atoms with Gasteiger partial charge in [0.15, 0.2) is 0 Å². The minimum Gasteiger partial charge on any atom is -0.480 e. The first kappa shape index (κ1) is 23.1. The minimum absolute atomic E-state index is 0.240. The van der Waals surface area contributed by atoms with Gasteiger partial charge in [-0.25, -0.2) is 5.48 Å². The zero-order valence-corrected chi connectivity index (χ0v) is 16.0. The predicted octanol–water partition coefficient (Wildman–Crippen LogP) is 0.473. The molecule has 0 radical (unpaired) electrons. The summed E-state index contributed by atoms with van der Waals surface area (Å²) in [4.78, 5) is 47.4. The van der Waals surface area contributed by atoms with Crippen LogP contribution < -0.4 is 16.1 Å². The molecule has 9 nitrogen and oxygen atoms in total. The normalized spacial score (nSPS) is 13.7. The molecule has 0 unspecified atom stereocenters. The van der Waals surface area contributed by atoms with Gasteiger partial charge in [0.25, 0.3) is 0 Å². The second kappa shape index (κ2) is 11.7. The summed E-state index contributed by atoms with van der Waals surface area (Å²) in [6.45, 7) is 3.05. The van der Waals surface area contributed by atoms with Crippen LogP contribution in [0.4, 0.5) is 0 Å². The Morgan fingerprint density at radius 3 is 2.25 bits per heavy atom. The van der Waals surface area contributed by atoms with Crippen LogP contribution in [0.15, 0.2) is 30.3 Å². The first-order valence-electron chi connectivity index (χ1n) is 9.05. The molecule has 0 heterocycles. The number of carbonyl (C=O) groups is 4. The van der Waals surface area contributed by atoms with Crippen molar-refractivity contribution in [3.8, 4) is 0 Å². The van der Waals surface area contributed by atoms with Gasteiger partial charge in [-0.1, -0.05) is 50.6 Å². The quantitative estimate of drug-likeness (QED) is 0.273. The monoisotopic (exact) mass is 393 g/mol. The van der Waals surface area contributed by atoms with Gasteiger partial charge >= 0.3 is 5.97 Å². The van der Waals surface area contributed by atoms with E-state index in [0.717, 1.165) is 5.56 Å². The summed E-state index contributed by atoms with van der Waals surface area (Å²) >= 11 is 0. The van der Waals surface area contributed by atoms with Crippen LogP contribution in [-0.2, 0) is 25.6 Å². The number of nitrogens with one attached hydrogen (secondary N) is 3. The molecule has 28 heavy (non-hydrogen) atoms. The third-order valence-corrected chi connectivity index (χ3v) is 4.46. The molecule has 0 fully saturated rings. The number of amides is 3. The average Bonchev–Trinajstić information content (AvgIpc) is 2.69. The van der Waals surface area contributed by atoms with Crippen molar-refractivity contribution in [3.63, 3.8) is 0 Å². The molecular weight excluding hydrogens is 366 g/mol. The molecule has 5 N–H and O–H groups in total. The molecule has 0 aliphatic rings. The largest absolute Gasteiger partial charge is 0.480 e. The molecule has 1 aromatic carbocycles. The highest BCUT2D eigenvalue weighted by atomic mass is 16.5. The first-order chi connectivity index (χ1) is 13.3. The molecule has 0 saturated carbocycles. The maximum absolute atomic E-state index is 12.8. The summed E-state index contributed by atoms with van der Waals surface area (Å²) in [5, 5.41) is 22.4. The number of carboxylic acids is 1. The predicted molar refractivity (Wildman–Crippen MR) is 100 cm³/mol. The summed E-state index contributed by atoms with van der Waals surface area (Å²) in [5.41, 5.74) is 2.34. The van der Waals surface area contributed by atoms with E-state index in [1.807, 2.05) is 25.1 Å². The Labute approximate surface area is 163 Å². The molecule has 154 valence electrons. The Balaban J connectivity index is 2.94. The van der Waals surface area contributed by atoms with Gasteiger partial charge < -0.3 is 15.7 Å². The third-order valence-electron chi connectivity index (χ3n) is 4.46. The summed E-state index contributed by atoms with van der Waals surface area (Å²) in [7, 11) is 0. The highest BCUT2D eigenvalue weighted by Crippen LogP contribution is 2.15. The van der Waals surface area contributed by atoms with Crippen molar-refractivity contribution in [2.75, 3.05) is 6.54 Å². The Morgan fingerprint density at radius 1 is 1.07 bits per heavy atom. The Hall–Kier alpha value is -2.94. The van der Waals surface area contributed by atoms with Gasteiger partial charge in [-0.2, -0.15) is 0 Å². The molecule has 1 aromatic rings. The lowest BCUT2D eigenvalue weighted by Crippen LogP contribution is -2.52. The van der Waals surface area contributed by atoms with E-state index in [2.05, 4.69) is 10.6 Å². The number of carboxylic acid groups (broad SMARTS) is 1. The van der Waals surface area contributed by atoms with Crippen molar-refractivity contribution in [2.24, 2.45) is 11.8 Å². The number of aliphatic carboxylic acids is 1. The third kappa shape index (κ3) is 7.75. The SMILES string of the molecule is CC[C@H](C)[C@H](NC(=O)[C@@H](CC(=O)NO)Cc1ccccc1)C(=O)NCC(=O)O. The molecule has 0 bridgehead atoms. The fourth-order valence-corrected chi connectivity index (χ4v) is 2.67. The van der Waals surface area contributed by atoms with E-state index in [4.69, 9.17) is 10.3 Å². The van der Waals surface area contributed by atoms with Crippen LogP contribution in [0.2, 0.25) is 0 Å². The number of hydroxylamine groups is 1. The van der Waals surface area contributed by atoms with Gasteiger partial charge in [-0.05, 0) is 17.9 Å². The van der Waals surface area contributed by atoms with Crippen LogP contribution in [0, 0.1) is 11.8 Å². The highest BCUT2D eigenvalue weighted by Gasteiger charge is 2.30. The summed E-state index contributed by atoms with van der Waals surface area (Å²) in [6.07, 6.45) is 0.553. The molecule has 0 saturated heterocycles. The van der Waals surface area contributed by atoms with E-state index >= 15 is 0 Å². The van der Waals surface area contributed by atoms with E-state index < -0.39 is 42.2 Å². The van der Waals surface area contributed by atoms with E-state index in [-0.39, 0.29) is 18.8 Å². The number of benzene rings is 1. The van der Waals surface area contributed by atoms with Gasteiger partial charge in [0.1, 0.15) is 12.6 Å². The van der Waals surface area contributed by atoms with Crippen LogP contribution in [0.3, 0.4) is 0 Å². The van der Waals surface area contributed by atoms with Gasteiger partial charge in [0.2, 0.25) is 17.7 Å². The number of carbonyl (C=O) groups excluding carboxylic acids is 3. The topological polar surface area (TPSA) is 145 Å². The van der Waals surface area contributed by atoms with Crippen molar-refractivity contribution >= 4 is 23.7 Å². The van der Waals surface area contributed by atoms with Gasteiger partial charge in [0.05, 0.1) is 5.92 Å². The van der Waals surface area contributed by atoms with Crippen LogP contribution in [-0.4, -0.2) is 46.6 Å². The molecule has 3 atom stereocenters. The molecule has 9 heteroatoms. The fraction of sp³-hybridized carbons (Fsp3) is 0.474. The van der Waals surface area contributed by atoms with Crippen molar-refractivity contribution in [1.82, 2.24) is 16.1 Å². The smallest absolute Gasteiger partial charge is 0.322 e. The molecular formula is C19H27N3O6. The van der Waals surface area contributed by atoms with Crippen LogP contribution in [0.25, 0.3) is 0 Å². The maximum Gasteiger partial charge on any atom is 0.322 e. The lowest BCUT2D eigenvalue weighted by molar-refractivity contribution is -0.139. The van der Waals surface area contributed by atoms with E-state index in [0.29, 0.717) is 6.42 Å². The Kier molecular flexibility index (Phi) is 9.66. The molecule has 0 aliphatic carbocycles. The second-order valence-electron chi connectivity index (χ2n) is 6.61. The second-order valence-corrected chi connectivity index (χ2v) is 6.61. The van der Waals surface area contributed by atoms with Crippen LogP contribution in [0.1, 0.15) is 32.3 Å². The zero-order chi connectivity index (χ0) is 21.1. The standard InChI is InChI=1S/C19H27N3O6/c1-3-12(2)17(19(27)20-11-16(24)25)21-18(26)14(10-15(23)22-28)9-13-7-5-4-6-8-13/h4-8,12,14,17,28H,3,9-11H2,1-2H3,(H,20,27)(H,21,26)(H,22,23)(H,24,25)/t12-,14+,17-/m0/s1. The lowest BCUT2D eigenvalue weighted by atomic mass is 9.92. The van der Waals surface area contributed by atoms with E-state index in [1.54, 1.807) is 19.1 Å². The highest BCUT2D eigenvalue weighted by molar-refractivity contribution is 5.91. The first-order valence-corrected chi connectivity index (χ1v) is 9.05. The lowest BCUT2D eigenvalue weighted by Gasteiger charge is -2.25. The summed E-state index contributed by atoms with van der Waals surface area (Å²) in [6, 6.07) is 8.11. The van der Waals surface area contributed by atoms with Crippen molar-refractivity contribution in [3.05, 3.63) is 35.9 Å². The van der Waals surface area contributed by atoms with Gasteiger partial charge in [-0.15, -0.1) is 0 Å². The summed E-state index contributed by atoms with van der Waals surface area (Å²) < 4.78 is 0. The van der Waals surface area contributed by atoms with Crippen molar-refractivity contribution < 1.29 is 29.5 Å². The Bertz CT molecular complexity index is 680. The molecule has 0 aliphatic heterocycles. The zero-order valence-electron chi connectivity index (χ0n) is 16.0. The fourth-order valence-electron chi connectivity index (χ4n) is 2.67. The minimum atomic E-state index is -1.19. The van der Waals surface area contributed by atoms with E-state index in [9.17, 15) is 19.2 Å². The van der Waals surface area contributed by atoms with Crippen molar-refractivity contribution in [2.45, 2.75) is 39.2 Å². The molecule has 1 rings (SSSR count). The Morgan fingerprint density at radius 2 is 1.71 bits per heavy atom. The van der Waals surface area contributed by atoms with Gasteiger partial charge in [-0.3, -0.25) is 24.4 Å². The van der Waals surface area contributed by atoms with E-state index in [1.165, 1.54) is 5.48 Å². The van der Waals surface area contributed by atoms with Gasteiger partial charge in [0, 0.05) is 6.42 Å². The molecule has 3 amide bonds.